The molecule has 2 rings (SSSR count). The van der Waals surface area contributed by atoms with Crippen LogP contribution in [0.15, 0.2) is 23.7 Å². The van der Waals surface area contributed by atoms with Crippen molar-refractivity contribution in [1.82, 2.24) is 0 Å². The number of alkyl halides is 3. The minimum absolute atomic E-state index is 0.127. The molecule has 0 bridgehead atoms. The number of carbonyl (C=O) groups excluding carboxylic acids is 1. The van der Waals surface area contributed by atoms with Crippen molar-refractivity contribution in [3.63, 3.8) is 0 Å². The largest absolute Gasteiger partial charge is 0.493 e. The lowest BCUT2D eigenvalue weighted by atomic mass is 10.2. The first-order chi connectivity index (χ1) is 11.8. The average Bonchev–Trinajstić information content (AvgIpc) is 2.59. The molecule has 1 aliphatic heterocycles. The van der Waals surface area contributed by atoms with Crippen LogP contribution in [0.5, 0.6) is 17.2 Å². The molecule has 0 saturated heterocycles. The number of carbonyl (C=O) groups is 1. The molecule has 1 heterocycles. The summed E-state index contributed by atoms with van der Waals surface area (Å²) in [6, 6.07) is 2.74. The molecule has 0 aliphatic carbocycles. The van der Waals surface area contributed by atoms with E-state index in [1.165, 1.54) is 33.5 Å². The van der Waals surface area contributed by atoms with Gasteiger partial charge in [0.2, 0.25) is 17.3 Å². The number of allylic oxidation sites excluding steroid dienone is 1. The van der Waals surface area contributed by atoms with E-state index < -0.39 is 23.6 Å². The Kier molecular flexibility index (Phi) is 5.50. The maximum absolute atomic E-state index is 12.9. The van der Waals surface area contributed by atoms with Crippen LogP contribution < -0.4 is 19.5 Å². The van der Waals surface area contributed by atoms with Gasteiger partial charge < -0.3 is 29.0 Å². The van der Waals surface area contributed by atoms with E-state index in [2.05, 4.69) is 10.1 Å². The van der Waals surface area contributed by atoms with E-state index in [4.69, 9.17) is 18.9 Å². The Morgan fingerprint density at radius 2 is 1.60 bits per heavy atom. The zero-order chi connectivity index (χ0) is 18.6. The Labute approximate surface area is 141 Å². The van der Waals surface area contributed by atoms with E-state index >= 15 is 0 Å². The van der Waals surface area contributed by atoms with Gasteiger partial charge >= 0.3 is 6.18 Å². The lowest BCUT2D eigenvalue weighted by Gasteiger charge is -2.23. The maximum Gasteiger partial charge on any atom is 0.453 e. The van der Waals surface area contributed by atoms with E-state index in [-0.39, 0.29) is 36.1 Å². The Morgan fingerprint density at radius 3 is 2.08 bits per heavy atom. The molecular weight excluding hydrogens is 347 g/mol. The van der Waals surface area contributed by atoms with E-state index in [0.29, 0.717) is 0 Å². The van der Waals surface area contributed by atoms with Crippen molar-refractivity contribution in [3.05, 3.63) is 23.7 Å². The van der Waals surface area contributed by atoms with E-state index in [1.54, 1.807) is 0 Å². The first kappa shape index (κ1) is 18.6. The van der Waals surface area contributed by atoms with Gasteiger partial charge in [0.05, 0.1) is 21.3 Å². The van der Waals surface area contributed by atoms with Crippen molar-refractivity contribution in [3.8, 4) is 17.2 Å². The normalized spacial score (nSPS) is 14.3. The van der Waals surface area contributed by atoms with Crippen LogP contribution in [-0.2, 0) is 14.3 Å². The number of benzene rings is 1. The lowest BCUT2D eigenvalue weighted by Crippen LogP contribution is -2.30. The fraction of sp³-hybridized carbons (Fsp3) is 0.400. The molecule has 0 aromatic heterocycles. The van der Waals surface area contributed by atoms with Crippen molar-refractivity contribution in [2.45, 2.75) is 6.18 Å². The number of hydrogen-bond acceptors (Lipinski definition) is 6. The monoisotopic (exact) mass is 363 g/mol. The Bertz CT molecular complexity index is 661. The predicted octanol–water partition coefficient (Wildman–Crippen LogP) is 2.47. The van der Waals surface area contributed by atoms with Gasteiger partial charge in [0.15, 0.2) is 11.5 Å². The van der Waals surface area contributed by atoms with Crippen molar-refractivity contribution in [2.75, 3.05) is 39.9 Å². The number of hydrogen-bond donors (Lipinski definition) is 1. The number of methoxy groups -OCH3 is 3. The average molecular weight is 363 g/mol. The first-order valence-electron chi connectivity index (χ1n) is 7.00. The zero-order valence-electron chi connectivity index (χ0n) is 13.7. The molecule has 1 N–H and O–H groups in total. The molecule has 7 nitrogen and oxygen atoms in total. The summed E-state index contributed by atoms with van der Waals surface area (Å²) >= 11 is 0. The molecule has 0 fully saturated rings. The molecule has 1 aromatic carbocycles. The molecular formula is C15H16F3NO6. The number of amides is 1. The Hall–Kier alpha value is -2.78. The summed E-state index contributed by atoms with van der Waals surface area (Å²) in [5, 5.41) is 2.30. The standard InChI is InChI=1S/C15H16F3NO6/c1-21-9-6-8(7-10(22-2)11(9)23-3)19-14(20)12-13(15(16,17)18)25-5-4-24-12/h6-7H,4-5H2,1-3H3,(H,19,20). The van der Waals surface area contributed by atoms with Crippen LogP contribution in [0.4, 0.5) is 18.9 Å². The Balaban J connectivity index is 2.35. The summed E-state index contributed by atoms with van der Waals surface area (Å²) in [6.07, 6.45) is -4.84. The smallest absolute Gasteiger partial charge is 0.453 e. The fourth-order valence-corrected chi connectivity index (χ4v) is 2.14. The SMILES string of the molecule is COc1cc(NC(=O)C2=C(C(F)(F)F)OCCO2)cc(OC)c1OC. The van der Waals surface area contributed by atoms with Gasteiger partial charge in [-0.2, -0.15) is 13.2 Å². The second-order valence-corrected chi connectivity index (χ2v) is 4.72. The molecule has 138 valence electrons. The van der Waals surface area contributed by atoms with Crippen molar-refractivity contribution >= 4 is 11.6 Å². The van der Waals surface area contributed by atoms with Crippen LogP contribution in [0, 0.1) is 0 Å². The number of anilines is 1. The third-order valence-electron chi connectivity index (χ3n) is 3.17. The lowest BCUT2D eigenvalue weighted by molar-refractivity contribution is -0.151. The molecule has 0 radical (unpaired) electrons. The van der Waals surface area contributed by atoms with Crippen LogP contribution in [0.2, 0.25) is 0 Å². The van der Waals surface area contributed by atoms with Crippen LogP contribution in [0.1, 0.15) is 0 Å². The summed E-state index contributed by atoms with van der Waals surface area (Å²) in [4.78, 5) is 12.2. The topological polar surface area (TPSA) is 75.3 Å². The molecule has 10 heteroatoms. The van der Waals surface area contributed by atoms with Crippen LogP contribution >= 0.6 is 0 Å². The number of halogens is 3. The molecule has 0 spiro atoms. The van der Waals surface area contributed by atoms with E-state index in [0.717, 1.165) is 0 Å². The zero-order valence-corrected chi connectivity index (χ0v) is 13.7. The van der Waals surface area contributed by atoms with Gasteiger partial charge in [-0.1, -0.05) is 0 Å². The summed E-state index contributed by atoms with van der Waals surface area (Å²) in [5.74, 6) is -2.79. The highest BCUT2D eigenvalue weighted by Gasteiger charge is 2.43. The van der Waals surface area contributed by atoms with Gasteiger partial charge in [-0.05, 0) is 0 Å². The molecule has 0 unspecified atom stereocenters. The highest BCUT2D eigenvalue weighted by atomic mass is 19.4. The second-order valence-electron chi connectivity index (χ2n) is 4.72. The molecule has 25 heavy (non-hydrogen) atoms. The highest BCUT2D eigenvalue weighted by molar-refractivity contribution is 6.03. The highest BCUT2D eigenvalue weighted by Crippen LogP contribution is 2.40. The van der Waals surface area contributed by atoms with Crippen molar-refractivity contribution in [2.24, 2.45) is 0 Å². The van der Waals surface area contributed by atoms with Crippen molar-refractivity contribution in [1.29, 1.82) is 0 Å². The predicted molar refractivity (Wildman–Crippen MR) is 79.7 cm³/mol. The van der Waals surface area contributed by atoms with Gasteiger partial charge in [-0.15, -0.1) is 0 Å². The third-order valence-corrected chi connectivity index (χ3v) is 3.17. The summed E-state index contributed by atoms with van der Waals surface area (Å²) in [5.41, 5.74) is 0.127. The first-order valence-corrected chi connectivity index (χ1v) is 7.00. The molecule has 0 saturated carbocycles. The van der Waals surface area contributed by atoms with E-state index in [1.807, 2.05) is 0 Å². The van der Waals surface area contributed by atoms with E-state index in [9.17, 15) is 18.0 Å². The minimum atomic E-state index is -4.84. The van der Waals surface area contributed by atoms with Gasteiger partial charge in [0, 0.05) is 17.8 Å². The molecule has 1 amide bonds. The van der Waals surface area contributed by atoms with Crippen LogP contribution in [0.25, 0.3) is 0 Å². The van der Waals surface area contributed by atoms with Crippen LogP contribution in [-0.4, -0.2) is 46.6 Å². The summed E-state index contributed by atoms with van der Waals surface area (Å²) in [7, 11) is 4.13. The van der Waals surface area contributed by atoms with Gasteiger partial charge in [0.1, 0.15) is 13.2 Å². The summed E-state index contributed by atoms with van der Waals surface area (Å²) in [6.45, 7) is -0.465. The van der Waals surface area contributed by atoms with Gasteiger partial charge in [0.25, 0.3) is 5.91 Å². The van der Waals surface area contributed by atoms with Gasteiger partial charge in [-0.25, -0.2) is 0 Å². The fourth-order valence-electron chi connectivity index (χ4n) is 2.14. The number of ether oxygens (including phenoxy) is 5. The molecule has 0 atom stereocenters. The third kappa shape index (κ3) is 4.01. The van der Waals surface area contributed by atoms with Gasteiger partial charge in [-0.3, -0.25) is 4.79 Å². The molecule has 1 aromatic rings. The maximum atomic E-state index is 12.9. The van der Waals surface area contributed by atoms with Crippen molar-refractivity contribution < 1.29 is 41.7 Å². The minimum Gasteiger partial charge on any atom is -0.493 e. The summed E-state index contributed by atoms with van der Waals surface area (Å²) < 4.78 is 63.5. The quantitative estimate of drug-likeness (QED) is 0.866. The molecule has 1 aliphatic rings. The number of nitrogens with one attached hydrogen (secondary N) is 1. The second kappa shape index (κ2) is 7.41. The Morgan fingerprint density at radius 1 is 1.04 bits per heavy atom. The number of rotatable bonds is 5. The van der Waals surface area contributed by atoms with Crippen LogP contribution in [0.3, 0.4) is 0 Å².